The molecule has 0 spiro atoms. The number of aromatic hydroxyl groups is 1. The van der Waals surface area contributed by atoms with E-state index in [4.69, 9.17) is 18.9 Å². The van der Waals surface area contributed by atoms with Crippen LogP contribution in [0, 0.1) is 9.81 Å². The highest BCUT2D eigenvalue weighted by Gasteiger charge is 2.35. The van der Waals surface area contributed by atoms with Crippen molar-refractivity contribution in [1.29, 1.82) is 0 Å². The van der Waals surface area contributed by atoms with Gasteiger partial charge in [-0.25, -0.2) is 0 Å². The van der Waals surface area contributed by atoms with Gasteiger partial charge in [0.25, 0.3) is 0 Å². The summed E-state index contributed by atoms with van der Waals surface area (Å²) in [5, 5.41) is 27.1. The zero-order valence-electron chi connectivity index (χ0n) is 27.4. The molecular formula is C36H52N2O8. The standard InChI is InChI=1S/C36H52N2O8/c1-3-5-6-15-27-24-30(46-36(45-27)32-19-8-10-21-34(32)40)22-25(37-41)13-11-16-28-23-29(17-12-14-26(39)4-2)44-35(43-28)31-18-7-9-20-33(31)38-42/h7-10,18-21,25-30,35-36,39-40H,3-6,11-17,22-24H2,1-2H3. The molecule has 254 valence electrons. The fraction of sp³-hybridized carbons (Fsp3) is 0.667. The van der Waals surface area contributed by atoms with Gasteiger partial charge in [0.2, 0.25) is 0 Å². The summed E-state index contributed by atoms with van der Waals surface area (Å²) in [6.45, 7) is 4.14. The molecule has 10 nitrogen and oxygen atoms in total. The van der Waals surface area contributed by atoms with Crippen molar-refractivity contribution in [3.63, 3.8) is 0 Å². The number of aliphatic hydroxyl groups excluding tert-OH is 1. The molecular weight excluding hydrogens is 588 g/mol. The van der Waals surface area contributed by atoms with Crippen molar-refractivity contribution in [3.8, 4) is 5.75 Å². The van der Waals surface area contributed by atoms with E-state index in [0.29, 0.717) is 55.3 Å². The Balaban J connectivity index is 1.35. The molecule has 10 heteroatoms. The van der Waals surface area contributed by atoms with Crippen LogP contribution in [0.3, 0.4) is 0 Å². The van der Waals surface area contributed by atoms with Crippen LogP contribution in [0.1, 0.15) is 127 Å². The number of unbranched alkanes of at least 4 members (excludes halogenated alkanes) is 2. The summed E-state index contributed by atoms with van der Waals surface area (Å²) in [6, 6.07) is 13.7. The average molecular weight is 641 g/mol. The third kappa shape index (κ3) is 10.9. The number of nitroso groups, excluding NO2 is 2. The van der Waals surface area contributed by atoms with E-state index >= 15 is 0 Å². The van der Waals surface area contributed by atoms with Crippen LogP contribution in [-0.4, -0.2) is 46.8 Å². The molecule has 0 aromatic heterocycles. The first-order valence-electron chi connectivity index (χ1n) is 17.3. The second-order valence-corrected chi connectivity index (χ2v) is 12.8. The largest absolute Gasteiger partial charge is 0.507 e. The summed E-state index contributed by atoms with van der Waals surface area (Å²) in [5.41, 5.74) is 1.50. The van der Waals surface area contributed by atoms with Gasteiger partial charge in [0, 0.05) is 24.0 Å². The van der Waals surface area contributed by atoms with Crippen molar-refractivity contribution in [2.24, 2.45) is 10.4 Å². The number of aliphatic hydroxyl groups is 1. The molecule has 2 aromatic carbocycles. The van der Waals surface area contributed by atoms with Crippen molar-refractivity contribution >= 4 is 5.69 Å². The second-order valence-electron chi connectivity index (χ2n) is 12.8. The number of hydrogen-bond donors (Lipinski definition) is 2. The van der Waals surface area contributed by atoms with Crippen LogP contribution in [0.4, 0.5) is 5.69 Å². The molecule has 2 aliphatic rings. The van der Waals surface area contributed by atoms with Gasteiger partial charge in [-0.2, -0.15) is 4.91 Å². The van der Waals surface area contributed by atoms with E-state index in [1.807, 2.05) is 25.1 Å². The van der Waals surface area contributed by atoms with Crippen LogP contribution >= 0.6 is 0 Å². The summed E-state index contributed by atoms with van der Waals surface area (Å²) in [6.07, 6.45) is 8.98. The van der Waals surface area contributed by atoms with Crippen LogP contribution in [0.5, 0.6) is 5.75 Å². The third-order valence-corrected chi connectivity index (χ3v) is 9.21. The Morgan fingerprint density at radius 2 is 1.30 bits per heavy atom. The van der Waals surface area contributed by atoms with Crippen molar-refractivity contribution in [2.45, 2.75) is 153 Å². The van der Waals surface area contributed by atoms with Crippen LogP contribution in [0.2, 0.25) is 0 Å². The SMILES string of the molecule is CCCCCC1CC(CC(CCCC2CC(CCCC(O)CC)OC(c3ccccc3N=O)O2)N=O)OC(c2ccccc2O)O1. The van der Waals surface area contributed by atoms with Crippen molar-refractivity contribution in [2.75, 3.05) is 0 Å². The Bertz CT molecular complexity index is 1200. The molecule has 46 heavy (non-hydrogen) atoms. The number of hydrogen-bond acceptors (Lipinski definition) is 10. The van der Waals surface area contributed by atoms with Gasteiger partial charge in [-0.15, -0.1) is 4.91 Å². The molecule has 8 atom stereocenters. The van der Waals surface area contributed by atoms with Crippen molar-refractivity contribution in [1.82, 2.24) is 0 Å². The average Bonchev–Trinajstić information content (AvgIpc) is 3.07. The number of phenols is 1. The third-order valence-electron chi connectivity index (χ3n) is 9.21. The maximum Gasteiger partial charge on any atom is 0.188 e. The number of ether oxygens (including phenoxy) is 4. The zero-order valence-corrected chi connectivity index (χ0v) is 27.4. The summed E-state index contributed by atoms with van der Waals surface area (Å²) in [4.78, 5) is 23.5. The predicted molar refractivity (Wildman–Crippen MR) is 177 cm³/mol. The molecule has 0 saturated carbocycles. The molecule has 2 N–H and O–H groups in total. The molecule has 8 unspecified atom stereocenters. The molecule has 2 aromatic rings. The van der Waals surface area contributed by atoms with Gasteiger partial charge in [0.15, 0.2) is 12.6 Å². The van der Waals surface area contributed by atoms with Gasteiger partial charge in [-0.3, -0.25) is 0 Å². The van der Waals surface area contributed by atoms with Gasteiger partial charge in [0.05, 0.1) is 36.6 Å². The molecule has 2 aliphatic heterocycles. The summed E-state index contributed by atoms with van der Waals surface area (Å²) >= 11 is 0. The second kappa shape index (κ2) is 19.2. The van der Waals surface area contributed by atoms with Crippen LogP contribution in [0.25, 0.3) is 0 Å². The number of nitrogens with zero attached hydrogens (tertiary/aromatic N) is 2. The minimum atomic E-state index is -0.708. The lowest BCUT2D eigenvalue weighted by Gasteiger charge is -2.37. The Morgan fingerprint density at radius 1 is 0.739 bits per heavy atom. The lowest BCUT2D eigenvalue weighted by molar-refractivity contribution is -0.251. The van der Waals surface area contributed by atoms with Crippen molar-refractivity contribution in [3.05, 3.63) is 69.5 Å². The van der Waals surface area contributed by atoms with Crippen LogP contribution < -0.4 is 0 Å². The molecule has 0 amide bonds. The summed E-state index contributed by atoms with van der Waals surface area (Å²) in [5.74, 6) is 0.131. The highest BCUT2D eigenvalue weighted by Crippen LogP contribution is 2.39. The van der Waals surface area contributed by atoms with Crippen molar-refractivity contribution < 1.29 is 29.2 Å². The Kier molecular flexibility index (Phi) is 15.0. The minimum Gasteiger partial charge on any atom is -0.507 e. The zero-order chi connectivity index (χ0) is 32.7. The number of para-hydroxylation sites is 1. The van der Waals surface area contributed by atoms with E-state index in [2.05, 4.69) is 17.3 Å². The molecule has 4 rings (SSSR count). The molecule has 0 radical (unpaired) electrons. The highest BCUT2D eigenvalue weighted by molar-refractivity contribution is 5.46. The lowest BCUT2D eigenvalue weighted by Crippen LogP contribution is -2.36. The van der Waals surface area contributed by atoms with Gasteiger partial charge >= 0.3 is 0 Å². The summed E-state index contributed by atoms with van der Waals surface area (Å²) in [7, 11) is 0. The number of rotatable bonds is 19. The minimum absolute atomic E-state index is 0.0196. The lowest BCUT2D eigenvalue weighted by atomic mass is 9.94. The van der Waals surface area contributed by atoms with Gasteiger partial charge < -0.3 is 29.2 Å². The Hall–Kier alpha value is -2.76. The number of benzene rings is 2. The summed E-state index contributed by atoms with van der Waals surface area (Å²) < 4.78 is 25.2. The normalized spacial score (nSPS) is 26.3. The highest BCUT2D eigenvalue weighted by atomic mass is 16.7. The van der Waals surface area contributed by atoms with Gasteiger partial charge in [-0.05, 0) is 75.1 Å². The van der Waals surface area contributed by atoms with Crippen LogP contribution in [-0.2, 0) is 18.9 Å². The quantitative estimate of drug-likeness (QED) is 0.115. The maximum atomic E-state index is 12.0. The van der Waals surface area contributed by atoms with E-state index in [1.54, 1.807) is 30.3 Å². The Morgan fingerprint density at radius 3 is 1.93 bits per heavy atom. The topological polar surface area (TPSA) is 136 Å². The molecule has 2 saturated heterocycles. The maximum absolute atomic E-state index is 12.0. The Labute approximate surface area is 273 Å². The molecule has 0 aliphatic carbocycles. The van der Waals surface area contributed by atoms with E-state index in [9.17, 15) is 20.0 Å². The molecule has 2 fully saturated rings. The fourth-order valence-corrected chi connectivity index (χ4v) is 6.54. The monoisotopic (exact) mass is 640 g/mol. The van der Waals surface area contributed by atoms with Gasteiger partial charge in [0.1, 0.15) is 11.4 Å². The van der Waals surface area contributed by atoms with E-state index in [0.717, 1.165) is 51.4 Å². The molecule has 0 bridgehead atoms. The first kappa shape index (κ1) is 36.1. The number of phenolic OH excluding ortho intramolecular Hbond substituents is 1. The first-order valence-corrected chi connectivity index (χ1v) is 17.3. The smallest absolute Gasteiger partial charge is 0.188 e. The molecule has 2 heterocycles. The van der Waals surface area contributed by atoms with Crippen LogP contribution in [0.15, 0.2) is 58.9 Å². The predicted octanol–water partition coefficient (Wildman–Crippen LogP) is 9.05. The fourth-order valence-electron chi connectivity index (χ4n) is 6.54. The first-order chi connectivity index (χ1) is 22.4. The van der Waals surface area contributed by atoms with Gasteiger partial charge in [-0.1, -0.05) is 74.7 Å². The van der Waals surface area contributed by atoms with E-state index < -0.39 is 18.6 Å². The van der Waals surface area contributed by atoms with E-state index in [-0.39, 0.29) is 36.3 Å². The van der Waals surface area contributed by atoms with E-state index in [1.165, 1.54) is 0 Å².